The third-order valence-electron chi connectivity index (χ3n) is 2.35. The van der Waals surface area contributed by atoms with Crippen molar-refractivity contribution in [2.75, 3.05) is 12.9 Å². The highest BCUT2D eigenvalue weighted by Gasteiger charge is 2.06. The minimum absolute atomic E-state index is 0.714. The number of fused-ring (bicyclic) bond motifs is 1. The molecular weight excluding hydrogens is 204 g/mol. The van der Waals surface area contributed by atoms with Crippen LogP contribution in [-0.4, -0.2) is 12.9 Å². The Morgan fingerprint density at radius 1 is 1.13 bits per heavy atom. The molecule has 2 heteroatoms. The normalized spacial score (nSPS) is 10.5. The van der Waals surface area contributed by atoms with Gasteiger partial charge in [0.15, 0.2) is 0 Å². The number of benzene rings is 2. The van der Waals surface area contributed by atoms with Crippen LogP contribution in [0.4, 0.5) is 0 Å². The first kappa shape index (κ1) is 10.4. The molecule has 0 amide bonds. The molecule has 0 aliphatic carbocycles. The zero-order chi connectivity index (χ0) is 10.7. The van der Waals surface area contributed by atoms with Gasteiger partial charge < -0.3 is 4.74 Å². The Morgan fingerprint density at radius 3 is 2.67 bits per heavy atom. The molecule has 0 heterocycles. The molecule has 0 aliphatic rings. The van der Waals surface area contributed by atoms with Crippen LogP contribution < -0.4 is 4.74 Å². The predicted molar refractivity (Wildman–Crippen MR) is 66.9 cm³/mol. The summed E-state index contributed by atoms with van der Waals surface area (Å²) in [4.78, 5) is 1.23. The summed E-state index contributed by atoms with van der Waals surface area (Å²) in [6.45, 7) is 2.73. The van der Waals surface area contributed by atoms with Gasteiger partial charge in [-0.3, -0.25) is 0 Å². The van der Waals surface area contributed by atoms with Crippen molar-refractivity contribution in [3.63, 3.8) is 0 Å². The number of hydrogen-bond donors (Lipinski definition) is 0. The summed E-state index contributed by atoms with van der Waals surface area (Å²) in [6.07, 6.45) is 2.09. The minimum atomic E-state index is 0.714. The monoisotopic (exact) mass is 218 g/mol. The molecule has 0 bridgehead atoms. The van der Waals surface area contributed by atoms with Gasteiger partial charge in [0.2, 0.25) is 0 Å². The van der Waals surface area contributed by atoms with E-state index in [0.717, 1.165) is 5.75 Å². The van der Waals surface area contributed by atoms with Gasteiger partial charge in [0.25, 0.3) is 0 Å². The maximum atomic E-state index is 5.62. The average Bonchev–Trinajstić information content (AvgIpc) is 2.29. The fourth-order valence-corrected chi connectivity index (χ4v) is 2.44. The van der Waals surface area contributed by atoms with Gasteiger partial charge in [-0.05, 0) is 30.0 Å². The van der Waals surface area contributed by atoms with E-state index < -0.39 is 0 Å². The summed E-state index contributed by atoms with van der Waals surface area (Å²) in [5, 5.41) is 2.54. The van der Waals surface area contributed by atoms with Crippen molar-refractivity contribution >= 4 is 22.5 Å². The average molecular weight is 218 g/mol. The lowest BCUT2D eigenvalue weighted by molar-refractivity contribution is 0.333. The Hall–Kier alpha value is -1.15. The summed E-state index contributed by atoms with van der Waals surface area (Å²) in [5.74, 6) is 0.990. The minimum Gasteiger partial charge on any atom is -0.493 e. The molecule has 0 aromatic heterocycles. The molecular formula is C13H14OS. The molecule has 15 heavy (non-hydrogen) atoms. The largest absolute Gasteiger partial charge is 0.493 e. The van der Waals surface area contributed by atoms with E-state index in [-0.39, 0.29) is 0 Å². The van der Waals surface area contributed by atoms with E-state index in [0.29, 0.717) is 6.61 Å². The highest BCUT2D eigenvalue weighted by Crippen LogP contribution is 2.34. The van der Waals surface area contributed by atoms with E-state index in [4.69, 9.17) is 4.74 Å². The Balaban J connectivity index is 2.64. The summed E-state index contributed by atoms with van der Waals surface area (Å²) >= 11 is 1.74. The zero-order valence-electron chi connectivity index (χ0n) is 8.99. The molecule has 2 aromatic rings. The molecule has 0 spiro atoms. The van der Waals surface area contributed by atoms with Gasteiger partial charge in [-0.25, -0.2) is 0 Å². The summed E-state index contributed by atoms with van der Waals surface area (Å²) < 4.78 is 5.62. The number of hydrogen-bond acceptors (Lipinski definition) is 2. The molecule has 0 N–H and O–H groups in total. The van der Waals surface area contributed by atoms with Crippen LogP contribution >= 0.6 is 11.8 Å². The highest BCUT2D eigenvalue weighted by atomic mass is 32.2. The van der Waals surface area contributed by atoms with Crippen LogP contribution in [0.15, 0.2) is 41.3 Å². The van der Waals surface area contributed by atoms with Gasteiger partial charge in [-0.1, -0.05) is 30.3 Å². The molecule has 0 saturated heterocycles. The molecule has 0 radical (unpaired) electrons. The van der Waals surface area contributed by atoms with Gasteiger partial charge in [-0.2, -0.15) is 0 Å². The van der Waals surface area contributed by atoms with E-state index in [1.165, 1.54) is 15.7 Å². The highest BCUT2D eigenvalue weighted by molar-refractivity contribution is 7.99. The molecule has 78 valence electrons. The van der Waals surface area contributed by atoms with E-state index in [9.17, 15) is 0 Å². The first-order valence-corrected chi connectivity index (χ1v) is 6.28. The van der Waals surface area contributed by atoms with Crippen LogP contribution in [0.2, 0.25) is 0 Å². The topological polar surface area (TPSA) is 9.23 Å². The van der Waals surface area contributed by atoms with Gasteiger partial charge in [0.05, 0.1) is 11.5 Å². The number of ether oxygens (including phenoxy) is 1. The number of rotatable bonds is 3. The molecule has 1 nitrogen and oxygen atoms in total. The van der Waals surface area contributed by atoms with Gasteiger partial charge >= 0.3 is 0 Å². The lowest BCUT2D eigenvalue weighted by atomic mass is 10.1. The van der Waals surface area contributed by atoms with E-state index in [1.54, 1.807) is 11.8 Å². The quantitative estimate of drug-likeness (QED) is 0.721. The maximum absolute atomic E-state index is 5.62. The van der Waals surface area contributed by atoms with Crippen molar-refractivity contribution in [2.24, 2.45) is 0 Å². The zero-order valence-corrected chi connectivity index (χ0v) is 9.80. The second kappa shape index (κ2) is 4.58. The van der Waals surface area contributed by atoms with Crippen molar-refractivity contribution in [1.29, 1.82) is 0 Å². The predicted octanol–water partition coefficient (Wildman–Crippen LogP) is 3.96. The Morgan fingerprint density at radius 2 is 1.93 bits per heavy atom. The summed E-state index contributed by atoms with van der Waals surface area (Å²) in [7, 11) is 0. The lowest BCUT2D eigenvalue weighted by Gasteiger charge is -2.10. The third kappa shape index (κ3) is 1.95. The standard InChI is InChI=1S/C13H14OS/c1-3-14-12-9-8-10-6-4-5-7-11(10)13(12)15-2/h4-9H,3H2,1-2H3. The second-order valence-electron chi connectivity index (χ2n) is 3.25. The smallest absolute Gasteiger partial charge is 0.133 e. The van der Waals surface area contributed by atoms with Crippen molar-refractivity contribution < 1.29 is 4.74 Å². The summed E-state index contributed by atoms with van der Waals surface area (Å²) in [5.41, 5.74) is 0. The summed E-state index contributed by atoms with van der Waals surface area (Å²) in [6, 6.07) is 12.6. The van der Waals surface area contributed by atoms with Crippen LogP contribution in [-0.2, 0) is 0 Å². The molecule has 0 aliphatic heterocycles. The number of thioether (sulfide) groups is 1. The van der Waals surface area contributed by atoms with E-state index in [2.05, 4.69) is 42.7 Å². The molecule has 0 unspecified atom stereocenters. The van der Waals surface area contributed by atoms with Crippen LogP contribution in [0.1, 0.15) is 6.92 Å². The first-order chi connectivity index (χ1) is 7.36. The Labute approximate surface area is 94.4 Å². The third-order valence-corrected chi connectivity index (χ3v) is 3.18. The molecule has 2 aromatic carbocycles. The maximum Gasteiger partial charge on any atom is 0.133 e. The van der Waals surface area contributed by atoms with Crippen LogP contribution in [0.3, 0.4) is 0 Å². The van der Waals surface area contributed by atoms with Crippen LogP contribution in [0, 0.1) is 0 Å². The van der Waals surface area contributed by atoms with E-state index >= 15 is 0 Å². The van der Waals surface area contributed by atoms with Gasteiger partial charge in [0.1, 0.15) is 5.75 Å². The lowest BCUT2D eigenvalue weighted by Crippen LogP contribution is -1.93. The van der Waals surface area contributed by atoms with Crippen molar-refractivity contribution in [3.8, 4) is 5.75 Å². The van der Waals surface area contributed by atoms with Crippen molar-refractivity contribution in [3.05, 3.63) is 36.4 Å². The van der Waals surface area contributed by atoms with Gasteiger partial charge in [0, 0.05) is 0 Å². The molecule has 0 fully saturated rings. The fourth-order valence-electron chi connectivity index (χ4n) is 1.70. The SMILES string of the molecule is CCOc1ccc2ccccc2c1SC. The van der Waals surface area contributed by atoms with Gasteiger partial charge in [-0.15, -0.1) is 11.8 Å². The molecule has 2 rings (SSSR count). The van der Waals surface area contributed by atoms with Crippen LogP contribution in [0.5, 0.6) is 5.75 Å². The second-order valence-corrected chi connectivity index (χ2v) is 4.07. The van der Waals surface area contributed by atoms with Crippen molar-refractivity contribution in [1.82, 2.24) is 0 Å². The Kier molecular flexibility index (Phi) is 3.17. The molecule has 0 atom stereocenters. The van der Waals surface area contributed by atoms with Crippen molar-refractivity contribution in [2.45, 2.75) is 11.8 Å². The first-order valence-electron chi connectivity index (χ1n) is 5.05. The fraction of sp³-hybridized carbons (Fsp3) is 0.231. The van der Waals surface area contributed by atoms with Crippen LogP contribution in [0.25, 0.3) is 10.8 Å². The molecule has 0 saturated carbocycles. The van der Waals surface area contributed by atoms with E-state index in [1.807, 2.05) is 6.92 Å². The Bertz CT molecular complexity index is 465.